The SMILES string of the molecule is O=C1CCCCN1c1cccc(-c2ccc(Cl)s2)c1. The lowest BCUT2D eigenvalue weighted by molar-refractivity contribution is -0.119. The first-order valence-electron chi connectivity index (χ1n) is 6.40. The minimum absolute atomic E-state index is 0.229. The summed E-state index contributed by atoms with van der Waals surface area (Å²) in [6, 6.07) is 12.1. The van der Waals surface area contributed by atoms with Gasteiger partial charge in [0.15, 0.2) is 0 Å². The minimum Gasteiger partial charge on any atom is -0.312 e. The van der Waals surface area contributed by atoms with E-state index in [4.69, 9.17) is 11.6 Å². The van der Waals surface area contributed by atoms with Crippen molar-refractivity contribution in [1.29, 1.82) is 0 Å². The highest BCUT2D eigenvalue weighted by Gasteiger charge is 2.19. The van der Waals surface area contributed by atoms with E-state index in [1.165, 1.54) is 0 Å². The molecule has 0 N–H and O–H groups in total. The number of carbonyl (C=O) groups is 1. The predicted octanol–water partition coefficient (Wildman–Crippen LogP) is 4.59. The van der Waals surface area contributed by atoms with E-state index in [2.05, 4.69) is 12.1 Å². The van der Waals surface area contributed by atoms with Crippen LogP contribution < -0.4 is 4.90 Å². The molecule has 1 fully saturated rings. The Morgan fingerprint density at radius 1 is 1.16 bits per heavy atom. The van der Waals surface area contributed by atoms with Crippen LogP contribution in [0.1, 0.15) is 19.3 Å². The van der Waals surface area contributed by atoms with E-state index in [1.54, 1.807) is 11.3 Å². The molecule has 0 saturated carbocycles. The number of piperidine rings is 1. The fourth-order valence-electron chi connectivity index (χ4n) is 2.38. The van der Waals surface area contributed by atoms with Crippen LogP contribution >= 0.6 is 22.9 Å². The third-order valence-electron chi connectivity index (χ3n) is 3.34. The van der Waals surface area contributed by atoms with E-state index < -0.39 is 0 Å². The average Bonchev–Trinajstić information content (AvgIpc) is 2.86. The van der Waals surface area contributed by atoms with Gasteiger partial charge in [-0.05, 0) is 42.7 Å². The molecule has 4 heteroatoms. The van der Waals surface area contributed by atoms with Crippen molar-refractivity contribution in [2.24, 2.45) is 0 Å². The van der Waals surface area contributed by atoms with Crippen molar-refractivity contribution in [2.75, 3.05) is 11.4 Å². The van der Waals surface area contributed by atoms with Gasteiger partial charge < -0.3 is 4.90 Å². The quantitative estimate of drug-likeness (QED) is 0.793. The maximum atomic E-state index is 12.0. The molecule has 2 nitrogen and oxygen atoms in total. The van der Waals surface area contributed by atoms with Gasteiger partial charge in [-0.1, -0.05) is 23.7 Å². The van der Waals surface area contributed by atoms with Gasteiger partial charge in [-0.3, -0.25) is 4.79 Å². The Labute approximate surface area is 121 Å². The van der Waals surface area contributed by atoms with Gasteiger partial charge in [0, 0.05) is 23.5 Å². The second-order valence-corrected chi connectivity index (χ2v) is 6.37. The number of anilines is 1. The number of hydrogen-bond donors (Lipinski definition) is 0. The molecular formula is C15H14ClNOS. The molecule has 19 heavy (non-hydrogen) atoms. The van der Waals surface area contributed by atoms with Crippen molar-refractivity contribution in [3.63, 3.8) is 0 Å². The molecule has 0 spiro atoms. The van der Waals surface area contributed by atoms with Gasteiger partial charge in [-0.15, -0.1) is 11.3 Å². The normalized spacial score (nSPS) is 15.8. The molecule has 0 aliphatic carbocycles. The van der Waals surface area contributed by atoms with Crippen molar-refractivity contribution in [1.82, 2.24) is 0 Å². The first kappa shape index (κ1) is 12.7. The van der Waals surface area contributed by atoms with Crippen LogP contribution in [0.15, 0.2) is 36.4 Å². The van der Waals surface area contributed by atoms with E-state index >= 15 is 0 Å². The minimum atomic E-state index is 0.229. The molecule has 0 atom stereocenters. The number of hydrogen-bond acceptors (Lipinski definition) is 2. The summed E-state index contributed by atoms with van der Waals surface area (Å²) in [5, 5.41) is 0. The van der Waals surface area contributed by atoms with Gasteiger partial charge in [-0.2, -0.15) is 0 Å². The smallest absolute Gasteiger partial charge is 0.226 e. The summed E-state index contributed by atoms with van der Waals surface area (Å²) in [6.07, 6.45) is 2.76. The molecule has 1 saturated heterocycles. The van der Waals surface area contributed by atoms with Crippen molar-refractivity contribution >= 4 is 34.5 Å². The molecule has 1 aliphatic heterocycles. The standard InChI is InChI=1S/C15H14ClNOS/c16-14-8-7-13(19-14)11-4-3-5-12(10-11)17-9-2-1-6-15(17)18/h3-5,7-8,10H,1-2,6,9H2. The maximum absolute atomic E-state index is 12.0. The number of thiophene rings is 1. The molecule has 0 radical (unpaired) electrons. The fraction of sp³-hybridized carbons (Fsp3) is 0.267. The lowest BCUT2D eigenvalue weighted by Crippen LogP contribution is -2.35. The number of nitrogens with zero attached hydrogens (tertiary/aromatic N) is 1. The molecule has 1 aliphatic rings. The van der Waals surface area contributed by atoms with Crippen molar-refractivity contribution in [3.8, 4) is 10.4 Å². The van der Waals surface area contributed by atoms with Crippen LogP contribution in [0, 0.1) is 0 Å². The molecule has 0 bridgehead atoms. The lowest BCUT2D eigenvalue weighted by Gasteiger charge is -2.27. The molecule has 2 aromatic rings. The van der Waals surface area contributed by atoms with Crippen LogP contribution in [-0.2, 0) is 4.79 Å². The Morgan fingerprint density at radius 2 is 2.05 bits per heavy atom. The summed E-state index contributed by atoms with van der Waals surface area (Å²) in [4.78, 5) is 15.0. The predicted molar refractivity (Wildman–Crippen MR) is 81.0 cm³/mol. The van der Waals surface area contributed by atoms with Gasteiger partial charge in [0.25, 0.3) is 0 Å². The Morgan fingerprint density at radius 3 is 2.79 bits per heavy atom. The maximum Gasteiger partial charge on any atom is 0.226 e. The van der Waals surface area contributed by atoms with Gasteiger partial charge in [-0.25, -0.2) is 0 Å². The summed E-state index contributed by atoms with van der Waals surface area (Å²) in [5.74, 6) is 0.229. The summed E-state index contributed by atoms with van der Waals surface area (Å²) in [5.41, 5.74) is 2.11. The van der Waals surface area contributed by atoms with E-state index in [0.29, 0.717) is 6.42 Å². The van der Waals surface area contributed by atoms with Gasteiger partial charge in [0.05, 0.1) is 4.34 Å². The summed E-state index contributed by atoms with van der Waals surface area (Å²) in [7, 11) is 0. The zero-order valence-electron chi connectivity index (χ0n) is 10.4. The Bertz CT molecular complexity index is 608. The highest BCUT2D eigenvalue weighted by atomic mass is 35.5. The number of carbonyl (C=O) groups excluding carboxylic acids is 1. The average molecular weight is 292 g/mol. The largest absolute Gasteiger partial charge is 0.312 e. The second-order valence-electron chi connectivity index (χ2n) is 4.66. The van der Waals surface area contributed by atoms with Crippen LogP contribution in [0.25, 0.3) is 10.4 Å². The third kappa shape index (κ3) is 2.67. The van der Waals surface area contributed by atoms with Crippen molar-refractivity contribution in [3.05, 3.63) is 40.7 Å². The van der Waals surface area contributed by atoms with E-state index in [-0.39, 0.29) is 5.91 Å². The lowest BCUT2D eigenvalue weighted by atomic mass is 10.1. The van der Waals surface area contributed by atoms with Crippen molar-refractivity contribution < 1.29 is 4.79 Å². The van der Waals surface area contributed by atoms with Gasteiger partial charge in [0.1, 0.15) is 0 Å². The Kier molecular flexibility index (Phi) is 3.58. The topological polar surface area (TPSA) is 20.3 Å². The van der Waals surface area contributed by atoms with Gasteiger partial charge >= 0.3 is 0 Å². The van der Waals surface area contributed by atoms with Crippen molar-refractivity contribution in [2.45, 2.75) is 19.3 Å². The summed E-state index contributed by atoms with van der Waals surface area (Å²) < 4.78 is 0.787. The van der Waals surface area contributed by atoms with E-state index in [1.807, 2.05) is 29.2 Å². The second kappa shape index (κ2) is 5.35. The zero-order chi connectivity index (χ0) is 13.2. The number of benzene rings is 1. The van der Waals surface area contributed by atoms with E-state index in [0.717, 1.165) is 39.9 Å². The molecular weight excluding hydrogens is 278 g/mol. The Hall–Kier alpha value is -1.32. The molecule has 98 valence electrons. The molecule has 3 rings (SSSR count). The fourth-order valence-corrected chi connectivity index (χ4v) is 3.41. The Balaban J connectivity index is 1.93. The summed E-state index contributed by atoms with van der Waals surface area (Å²) >= 11 is 7.53. The number of halogens is 1. The van der Waals surface area contributed by atoms with Gasteiger partial charge in [0.2, 0.25) is 5.91 Å². The highest BCUT2D eigenvalue weighted by molar-refractivity contribution is 7.19. The first-order valence-corrected chi connectivity index (χ1v) is 7.59. The van der Waals surface area contributed by atoms with E-state index in [9.17, 15) is 4.79 Å². The third-order valence-corrected chi connectivity index (χ3v) is 4.62. The monoisotopic (exact) mass is 291 g/mol. The highest BCUT2D eigenvalue weighted by Crippen LogP contribution is 2.33. The molecule has 1 aromatic carbocycles. The molecule has 1 amide bonds. The molecule has 2 heterocycles. The van der Waals surface area contributed by atoms with Crippen LogP contribution in [-0.4, -0.2) is 12.5 Å². The van der Waals surface area contributed by atoms with Crippen LogP contribution in [0.2, 0.25) is 4.34 Å². The number of amides is 1. The molecule has 1 aromatic heterocycles. The van der Waals surface area contributed by atoms with Crippen LogP contribution in [0.3, 0.4) is 0 Å². The number of rotatable bonds is 2. The molecule has 0 unspecified atom stereocenters. The summed E-state index contributed by atoms with van der Waals surface area (Å²) in [6.45, 7) is 0.827. The zero-order valence-corrected chi connectivity index (χ0v) is 12.0. The first-order chi connectivity index (χ1) is 9.24. The van der Waals surface area contributed by atoms with Crippen LogP contribution in [0.4, 0.5) is 5.69 Å². The van der Waals surface area contributed by atoms with Crippen LogP contribution in [0.5, 0.6) is 0 Å².